The summed E-state index contributed by atoms with van der Waals surface area (Å²) in [5.41, 5.74) is 10.6. The molecule has 0 radical (unpaired) electrons. The highest BCUT2D eigenvalue weighted by atomic mass is 35.5. The van der Waals surface area contributed by atoms with Gasteiger partial charge in [-0.2, -0.15) is 0 Å². The molecule has 5 N–H and O–H groups in total. The molecule has 322 valence electrons. The molecule has 0 bridgehead atoms. The number of benzene rings is 2. The number of hydrogen-bond donors (Lipinski definition) is 3. The van der Waals surface area contributed by atoms with E-state index >= 15 is 0 Å². The van der Waals surface area contributed by atoms with Crippen LogP contribution in [0.3, 0.4) is 0 Å². The zero-order chi connectivity index (χ0) is 41.3. The van der Waals surface area contributed by atoms with Crippen molar-refractivity contribution in [2.45, 2.75) is 65.8 Å². The molecule has 2 aromatic rings. The van der Waals surface area contributed by atoms with Gasteiger partial charge in [0, 0.05) is 32.4 Å². The first-order valence-corrected chi connectivity index (χ1v) is 20.9. The molecule has 1 amide bonds. The van der Waals surface area contributed by atoms with Crippen LogP contribution in [0.25, 0.3) is 11.1 Å². The first kappa shape index (κ1) is 48.5. The molecule has 3 rings (SSSR count). The van der Waals surface area contributed by atoms with Crippen molar-refractivity contribution in [3.8, 4) is 11.1 Å². The Kier molecular flexibility index (Phi) is 23.6. The van der Waals surface area contributed by atoms with E-state index in [0.29, 0.717) is 78.1 Å². The number of hydrogen-bond acceptors (Lipinski definition) is 11. The number of halogens is 2. The van der Waals surface area contributed by atoms with Crippen LogP contribution in [0.5, 0.6) is 0 Å². The van der Waals surface area contributed by atoms with E-state index in [1.807, 2.05) is 25.2 Å². The van der Waals surface area contributed by atoms with Crippen LogP contribution in [-0.2, 0) is 41.4 Å². The molecule has 0 aliphatic carbocycles. The molecule has 0 unspecified atom stereocenters. The van der Waals surface area contributed by atoms with Crippen LogP contribution in [0.1, 0.15) is 64.0 Å². The summed E-state index contributed by atoms with van der Waals surface area (Å²) in [4.78, 5) is 17.6. The number of rotatable bonds is 29. The molecule has 0 saturated carbocycles. The highest BCUT2D eigenvalue weighted by molar-refractivity contribution is 6.30. The fourth-order valence-electron chi connectivity index (χ4n) is 6.12. The topological polar surface area (TPSA) is 137 Å². The largest absolute Gasteiger partial charge is 0.399 e. The van der Waals surface area contributed by atoms with Crippen LogP contribution in [0.4, 0.5) is 4.39 Å². The lowest BCUT2D eigenvalue weighted by molar-refractivity contribution is -0.120. The van der Waals surface area contributed by atoms with Crippen molar-refractivity contribution in [1.29, 1.82) is 0 Å². The quantitative estimate of drug-likeness (QED) is 0.0537. The number of amides is 1. The summed E-state index contributed by atoms with van der Waals surface area (Å²) in [6.45, 7) is 17.2. The van der Waals surface area contributed by atoms with Crippen molar-refractivity contribution in [2.75, 3.05) is 112 Å². The third-order valence-electron chi connectivity index (χ3n) is 9.52. The molecule has 1 fully saturated rings. The van der Waals surface area contributed by atoms with Crippen molar-refractivity contribution < 1.29 is 32.9 Å². The van der Waals surface area contributed by atoms with Gasteiger partial charge in [-0.1, -0.05) is 57.0 Å². The van der Waals surface area contributed by atoms with E-state index in [1.54, 1.807) is 12.3 Å². The number of ether oxygens (including phenoxy) is 5. The number of carbonyl (C=O) groups is 1. The Morgan fingerprint density at radius 2 is 1.46 bits per heavy atom. The van der Waals surface area contributed by atoms with Crippen molar-refractivity contribution in [1.82, 2.24) is 20.1 Å². The normalized spacial score (nSPS) is 14.1. The van der Waals surface area contributed by atoms with Crippen LogP contribution in [0.2, 0.25) is 5.02 Å². The maximum Gasteiger partial charge on any atom is 0.224 e. The molecule has 1 aliphatic heterocycles. The summed E-state index contributed by atoms with van der Waals surface area (Å²) in [5.74, 6) is 5.53. The fraction of sp³-hybridized carbons (Fsp3) is 0.651. The molecular formula is C43H70ClFN6O6. The van der Waals surface area contributed by atoms with Gasteiger partial charge < -0.3 is 44.6 Å². The van der Waals surface area contributed by atoms with Crippen molar-refractivity contribution in [3.05, 3.63) is 70.3 Å². The number of piperidine rings is 1. The summed E-state index contributed by atoms with van der Waals surface area (Å²) in [7, 11) is 2.05. The van der Waals surface area contributed by atoms with Gasteiger partial charge in [0.05, 0.1) is 83.1 Å². The first-order valence-electron chi connectivity index (χ1n) is 20.5. The number of carbonyl (C=O) groups excluding carboxylic acids is 1. The predicted molar refractivity (Wildman–Crippen MR) is 226 cm³/mol. The number of hydrazine groups is 1. The number of nitrogens with zero attached hydrogens (tertiary/aromatic N) is 3. The average Bonchev–Trinajstić information content (AvgIpc) is 3.17. The van der Waals surface area contributed by atoms with Gasteiger partial charge in [-0.25, -0.2) is 10.2 Å². The number of likely N-dealkylation sites (tertiary alicyclic amines) is 1. The van der Waals surface area contributed by atoms with Gasteiger partial charge in [-0.3, -0.25) is 9.69 Å². The van der Waals surface area contributed by atoms with Gasteiger partial charge >= 0.3 is 0 Å². The van der Waals surface area contributed by atoms with Crippen LogP contribution in [0.15, 0.2) is 48.3 Å². The highest BCUT2D eigenvalue weighted by Crippen LogP contribution is 2.28. The smallest absolute Gasteiger partial charge is 0.224 e. The van der Waals surface area contributed by atoms with E-state index < -0.39 is 5.82 Å². The second-order valence-corrected chi connectivity index (χ2v) is 16.3. The Balaban J connectivity index is 1.19. The van der Waals surface area contributed by atoms with Gasteiger partial charge in [0.15, 0.2) is 0 Å². The minimum atomic E-state index is -0.439. The van der Waals surface area contributed by atoms with E-state index in [4.69, 9.17) is 46.9 Å². The number of nitrogens with one attached hydrogen (secondary N) is 1. The second-order valence-electron chi connectivity index (χ2n) is 15.9. The third-order valence-corrected chi connectivity index (χ3v) is 9.82. The van der Waals surface area contributed by atoms with E-state index in [0.717, 1.165) is 74.4 Å². The Bertz CT molecular complexity index is 1460. The van der Waals surface area contributed by atoms with Gasteiger partial charge in [-0.05, 0) is 98.2 Å². The Morgan fingerprint density at radius 1 is 0.842 bits per heavy atom. The fourth-order valence-corrected chi connectivity index (χ4v) is 6.24. The Morgan fingerprint density at radius 3 is 2.14 bits per heavy atom. The molecule has 57 heavy (non-hydrogen) atoms. The predicted octanol–water partition coefficient (Wildman–Crippen LogP) is 5.61. The van der Waals surface area contributed by atoms with E-state index in [-0.39, 0.29) is 23.0 Å². The molecule has 12 nitrogen and oxygen atoms in total. The maximum absolute atomic E-state index is 14.2. The second kappa shape index (κ2) is 27.8. The lowest BCUT2D eigenvalue weighted by Crippen LogP contribution is -2.31. The van der Waals surface area contributed by atoms with E-state index in [1.165, 1.54) is 30.3 Å². The average molecular weight is 822 g/mol. The summed E-state index contributed by atoms with van der Waals surface area (Å²) in [6, 6.07) is 10.9. The van der Waals surface area contributed by atoms with Gasteiger partial charge in [-0.15, -0.1) is 0 Å². The summed E-state index contributed by atoms with van der Waals surface area (Å²) in [5, 5.41) is 4.69. The number of likely N-dealkylation sites (N-methyl/N-ethyl adjacent to an activating group) is 1. The van der Waals surface area contributed by atoms with Crippen LogP contribution >= 0.6 is 11.6 Å². The van der Waals surface area contributed by atoms with E-state index in [2.05, 4.69) is 42.0 Å². The van der Waals surface area contributed by atoms with Crippen LogP contribution in [-0.4, -0.2) is 133 Å². The molecule has 2 aromatic carbocycles. The lowest BCUT2D eigenvalue weighted by Gasteiger charge is -2.27. The lowest BCUT2D eigenvalue weighted by atomic mass is 9.93. The summed E-state index contributed by atoms with van der Waals surface area (Å²) in [6.07, 6.45) is 7.42. The zero-order valence-electron chi connectivity index (χ0n) is 35.0. The molecule has 1 aliphatic rings. The zero-order valence-corrected chi connectivity index (χ0v) is 35.8. The number of nitrogens with two attached hydrogens (primary N) is 2. The molecule has 14 heteroatoms. The van der Waals surface area contributed by atoms with Gasteiger partial charge in [0.1, 0.15) is 5.82 Å². The molecule has 1 saturated heterocycles. The maximum atomic E-state index is 14.2. The molecule has 0 spiro atoms. The van der Waals surface area contributed by atoms with Crippen molar-refractivity contribution in [2.24, 2.45) is 17.0 Å². The molecular weight excluding hydrogens is 751 g/mol. The van der Waals surface area contributed by atoms with Crippen LogP contribution < -0.4 is 16.9 Å². The van der Waals surface area contributed by atoms with Crippen molar-refractivity contribution in [3.63, 3.8) is 0 Å². The molecule has 1 heterocycles. The first-order chi connectivity index (χ1) is 27.4. The van der Waals surface area contributed by atoms with Gasteiger partial charge in [0.2, 0.25) is 5.91 Å². The monoisotopic (exact) mass is 821 g/mol. The Hall–Kier alpha value is -2.85. The third kappa shape index (κ3) is 22.2. The molecule has 0 atom stereocenters. The SMILES string of the molecule is CN(CCCNC(=O)Cc1ccc(-c2ccc(Cl)c(F)c2)cc1CN1CCCCC1)CCOCCOCCOC/C(N)=C/N(N)CCOCCOCCC(C)(C)C. The summed E-state index contributed by atoms with van der Waals surface area (Å²) < 4.78 is 42.3. The standard InChI is InChI=1S/C43H70ClFN6O6/c1-43(2,3)13-20-53-23-24-55-22-19-51(47)33-39(46)34-57-28-27-56-26-25-54-21-18-49(4)15-8-14-48-42(52)31-37-10-9-35(36-11-12-40(44)41(45)30-36)29-38(37)32-50-16-6-5-7-17-50/h9-12,29-30,33H,5-8,13-28,31-32,34,46-47H2,1-4H3,(H,48,52)/b39-33-. The van der Waals surface area contributed by atoms with Crippen molar-refractivity contribution >= 4 is 17.5 Å². The highest BCUT2D eigenvalue weighted by Gasteiger charge is 2.16. The summed E-state index contributed by atoms with van der Waals surface area (Å²) >= 11 is 5.92. The van der Waals surface area contributed by atoms with Gasteiger partial charge in [0.25, 0.3) is 0 Å². The minimum absolute atomic E-state index is 0.000353. The van der Waals surface area contributed by atoms with Crippen LogP contribution in [0, 0.1) is 11.2 Å². The Labute approximate surface area is 346 Å². The minimum Gasteiger partial charge on any atom is -0.399 e. The van der Waals surface area contributed by atoms with E-state index in [9.17, 15) is 9.18 Å². The molecule has 0 aromatic heterocycles.